The minimum absolute atomic E-state index is 0.231. The van der Waals surface area contributed by atoms with Crippen molar-refractivity contribution < 1.29 is 23.9 Å². The molecule has 0 saturated carbocycles. The van der Waals surface area contributed by atoms with E-state index in [9.17, 15) is 19.2 Å². The Morgan fingerprint density at radius 3 is 1.85 bits per heavy atom. The molecule has 3 aromatic rings. The molecule has 0 radical (unpaired) electrons. The van der Waals surface area contributed by atoms with Crippen LogP contribution in [0.1, 0.15) is 50.9 Å². The fourth-order valence-electron chi connectivity index (χ4n) is 5.75. The van der Waals surface area contributed by atoms with E-state index in [-0.39, 0.29) is 11.1 Å². The molecular formula is C28H21NO5. The summed E-state index contributed by atoms with van der Waals surface area (Å²) >= 11 is 0. The van der Waals surface area contributed by atoms with Crippen molar-refractivity contribution in [3.8, 4) is 0 Å². The van der Waals surface area contributed by atoms with Crippen LogP contribution in [0.4, 0.5) is 0 Å². The zero-order chi connectivity index (χ0) is 23.6. The summed E-state index contributed by atoms with van der Waals surface area (Å²) in [6.07, 6.45) is -0.891. The van der Waals surface area contributed by atoms with Crippen LogP contribution in [0, 0.1) is 11.8 Å². The zero-order valence-corrected chi connectivity index (χ0v) is 18.4. The molecule has 0 N–H and O–H groups in total. The van der Waals surface area contributed by atoms with Crippen LogP contribution in [-0.4, -0.2) is 33.9 Å². The minimum Gasteiger partial charge on any atom is -0.349 e. The molecule has 3 aliphatic rings. The van der Waals surface area contributed by atoms with E-state index in [1.807, 2.05) is 36.4 Å². The number of fused-ring (bicyclic) bond motifs is 3. The molecule has 6 heteroatoms. The number of benzene rings is 3. The lowest BCUT2D eigenvalue weighted by Gasteiger charge is -2.30. The number of nitrogens with zero attached hydrogens (tertiary/aromatic N) is 1. The maximum Gasteiger partial charge on any atom is 0.237 e. The Morgan fingerprint density at radius 2 is 1.26 bits per heavy atom. The van der Waals surface area contributed by atoms with Crippen LogP contribution < -0.4 is 0 Å². The second-order valence-corrected chi connectivity index (χ2v) is 9.03. The van der Waals surface area contributed by atoms with E-state index in [2.05, 4.69) is 0 Å². The molecule has 6 rings (SSSR count). The van der Waals surface area contributed by atoms with Crippen molar-refractivity contribution >= 4 is 23.4 Å². The Hall–Kier alpha value is -3.90. The van der Waals surface area contributed by atoms with Gasteiger partial charge in [-0.1, -0.05) is 84.9 Å². The Morgan fingerprint density at radius 1 is 0.735 bits per heavy atom. The lowest BCUT2D eigenvalue weighted by molar-refractivity contribution is -0.147. The summed E-state index contributed by atoms with van der Waals surface area (Å²) in [4.78, 5) is 56.4. The fraction of sp³-hybridized carbons (Fsp3) is 0.214. The van der Waals surface area contributed by atoms with Gasteiger partial charge in [0.2, 0.25) is 29.0 Å². The van der Waals surface area contributed by atoms with Crippen molar-refractivity contribution in [2.45, 2.75) is 24.7 Å². The van der Waals surface area contributed by atoms with Gasteiger partial charge < -0.3 is 4.74 Å². The van der Waals surface area contributed by atoms with Crippen molar-refractivity contribution in [2.75, 3.05) is 0 Å². The number of likely N-dealkylation sites (tertiary alicyclic amines) is 1. The Bertz CT molecular complexity index is 1310. The normalized spacial score (nSPS) is 25.7. The predicted molar refractivity (Wildman–Crippen MR) is 122 cm³/mol. The molecule has 2 fully saturated rings. The van der Waals surface area contributed by atoms with Crippen LogP contribution in [0.15, 0.2) is 84.9 Å². The van der Waals surface area contributed by atoms with Crippen molar-refractivity contribution in [1.82, 2.24) is 4.90 Å². The summed E-state index contributed by atoms with van der Waals surface area (Å²) < 4.78 is 6.28. The molecule has 168 valence electrons. The summed E-state index contributed by atoms with van der Waals surface area (Å²) in [5.74, 6) is -4.24. The van der Waals surface area contributed by atoms with E-state index in [0.717, 1.165) is 5.56 Å². The molecule has 2 saturated heterocycles. The molecule has 2 aliphatic heterocycles. The van der Waals surface area contributed by atoms with E-state index in [1.54, 1.807) is 55.5 Å². The average Bonchev–Trinajstić information content (AvgIpc) is 3.45. The maximum absolute atomic E-state index is 13.9. The van der Waals surface area contributed by atoms with E-state index in [4.69, 9.17) is 4.74 Å². The standard InChI is InChI=1S/C28H21NO5/c1-16(17-10-4-2-5-11-17)29-26(32)21-22(27(29)33)28(34-23(21)18-12-6-3-7-13-18)24(30)19-14-8-9-15-20(19)25(28)31/h2-16,21-23H,1H3. The quantitative estimate of drug-likeness (QED) is 0.445. The highest BCUT2D eigenvalue weighted by atomic mass is 16.5. The fourth-order valence-corrected chi connectivity index (χ4v) is 5.75. The number of hydrogen-bond acceptors (Lipinski definition) is 5. The molecule has 3 aromatic carbocycles. The number of imide groups is 1. The van der Waals surface area contributed by atoms with Crippen LogP contribution in [0.25, 0.3) is 0 Å². The molecule has 6 nitrogen and oxygen atoms in total. The molecule has 1 aliphatic carbocycles. The summed E-state index contributed by atoms with van der Waals surface area (Å²) in [5.41, 5.74) is -0.124. The third kappa shape index (κ3) is 2.54. The topological polar surface area (TPSA) is 80.8 Å². The number of hydrogen-bond donors (Lipinski definition) is 0. The number of rotatable bonds is 3. The van der Waals surface area contributed by atoms with Gasteiger partial charge in [-0.25, -0.2) is 0 Å². The largest absolute Gasteiger partial charge is 0.349 e. The van der Waals surface area contributed by atoms with Crippen LogP contribution in [0.5, 0.6) is 0 Å². The highest BCUT2D eigenvalue weighted by Gasteiger charge is 2.74. The summed E-state index contributed by atoms with van der Waals surface area (Å²) in [6, 6.07) is 24.2. The minimum atomic E-state index is -2.03. The highest BCUT2D eigenvalue weighted by molar-refractivity contribution is 6.35. The van der Waals surface area contributed by atoms with Crippen molar-refractivity contribution in [3.63, 3.8) is 0 Å². The van der Waals surface area contributed by atoms with Gasteiger partial charge in [0.05, 0.1) is 24.0 Å². The van der Waals surface area contributed by atoms with Gasteiger partial charge in [-0.3, -0.25) is 24.1 Å². The van der Waals surface area contributed by atoms with Gasteiger partial charge in [0.15, 0.2) is 0 Å². The summed E-state index contributed by atoms with van der Waals surface area (Å²) in [5, 5.41) is 0. The maximum atomic E-state index is 13.9. The molecule has 4 atom stereocenters. The van der Waals surface area contributed by atoms with Crippen molar-refractivity contribution in [3.05, 3.63) is 107 Å². The molecule has 0 bridgehead atoms. The SMILES string of the molecule is CC(c1ccccc1)N1C(=O)C2C(c3ccccc3)OC3(C(=O)c4ccccc4C3=O)C2C1=O. The number of ether oxygens (including phenoxy) is 1. The predicted octanol–water partition coefficient (Wildman–Crippen LogP) is 3.94. The van der Waals surface area contributed by atoms with E-state index in [0.29, 0.717) is 5.56 Å². The first-order chi connectivity index (χ1) is 16.5. The van der Waals surface area contributed by atoms with Gasteiger partial charge >= 0.3 is 0 Å². The van der Waals surface area contributed by atoms with Crippen molar-refractivity contribution in [1.29, 1.82) is 0 Å². The molecular weight excluding hydrogens is 430 g/mol. The lowest BCUT2D eigenvalue weighted by Crippen LogP contribution is -2.51. The molecule has 2 heterocycles. The average molecular weight is 451 g/mol. The molecule has 34 heavy (non-hydrogen) atoms. The second-order valence-electron chi connectivity index (χ2n) is 9.03. The third-order valence-corrected chi connectivity index (χ3v) is 7.35. The van der Waals surface area contributed by atoms with Gasteiger partial charge in [0.1, 0.15) is 0 Å². The van der Waals surface area contributed by atoms with Gasteiger partial charge in [-0.15, -0.1) is 0 Å². The Balaban J connectivity index is 1.52. The van der Waals surface area contributed by atoms with Gasteiger partial charge in [0, 0.05) is 11.1 Å². The lowest BCUT2D eigenvalue weighted by atomic mass is 9.77. The monoisotopic (exact) mass is 451 g/mol. The number of carbonyl (C=O) groups is 4. The first kappa shape index (κ1) is 20.7. The third-order valence-electron chi connectivity index (χ3n) is 7.35. The number of carbonyl (C=O) groups excluding carboxylic acids is 4. The second kappa shape index (κ2) is 7.30. The van der Waals surface area contributed by atoms with Crippen molar-refractivity contribution in [2.24, 2.45) is 11.8 Å². The number of ketones is 2. The zero-order valence-electron chi connectivity index (χ0n) is 18.4. The van der Waals surface area contributed by atoms with E-state index >= 15 is 0 Å². The van der Waals surface area contributed by atoms with Crippen LogP contribution in [0.3, 0.4) is 0 Å². The molecule has 2 amide bonds. The number of amides is 2. The smallest absolute Gasteiger partial charge is 0.237 e. The van der Waals surface area contributed by atoms with Gasteiger partial charge in [-0.05, 0) is 18.1 Å². The number of Topliss-reactive ketones (excluding diaryl/α,β-unsaturated/α-hetero) is 2. The van der Waals surface area contributed by atoms with Gasteiger partial charge in [0.25, 0.3) is 0 Å². The van der Waals surface area contributed by atoms with Crippen LogP contribution in [0.2, 0.25) is 0 Å². The van der Waals surface area contributed by atoms with Gasteiger partial charge in [-0.2, -0.15) is 0 Å². The first-order valence-electron chi connectivity index (χ1n) is 11.3. The Labute approximate surface area is 196 Å². The van der Waals surface area contributed by atoms with E-state index < -0.39 is 53.0 Å². The van der Waals surface area contributed by atoms with Crippen LogP contribution >= 0.6 is 0 Å². The molecule has 0 aromatic heterocycles. The highest BCUT2D eigenvalue weighted by Crippen LogP contribution is 2.58. The molecule has 1 spiro atoms. The summed E-state index contributed by atoms with van der Waals surface area (Å²) in [7, 11) is 0. The Kier molecular flexibility index (Phi) is 4.44. The van der Waals surface area contributed by atoms with E-state index in [1.165, 1.54) is 4.90 Å². The molecule has 4 unspecified atom stereocenters. The first-order valence-corrected chi connectivity index (χ1v) is 11.3. The summed E-state index contributed by atoms with van der Waals surface area (Å²) in [6.45, 7) is 1.78. The van der Waals surface area contributed by atoms with Crippen LogP contribution in [-0.2, 0) is 14.3 Å².